The summed E-state index contributed by atoms with van der Waals surface area (Å²) in [5.74, 6) is 0.349. The minimum Gasteiger partial charge on any atom is -0.207 e. The van der Waals surface area contributed by atoms with E-state index in [1.807, 2.05) is 12.1 Å². The van der Waals surface area contributed by atoms with Gasteiger partial charge >= 0.3 is 0 Å². The van der Waals surface area contributed by atoms with Crippen molar-refractivity contribution in [2.75, 3.05) is 0 Å². The van der Waals surface area contributed by atoms with E-state index in [1.165, 1.54) is 5.56 Å². The maximum atomic E-state index is 13.0. The Hall–Kier alpha value is -0.850. The maximum absolute atomic E-state index is 13.0. The molecular formula is C15H23F. The van der Waals surface area contributed by atoms with Gasteiger partial charge in [0.25, 0.3) is 0 Å². The first-order valence-corrected chi connectivity index (χ1v) is 5.95. The predicted octanol–water partition coefficient (Wildman–Crippen LogP) is 4.79. The Labute approximate surface area is 98.9 Å². The van der Waals surface area contributed by atoms with E-state index in [1.54, 1.807) is 12.1 Å². The monoisotopic (exact) mass is 222 g/mol. The Bertz CT molecular complexity index is 343. The minimum absolute atomic E-state index is 0.0563. The minimum atomic E-state index is -0.163. The number of halogens is 1. The molecule has 90 valence electrons. The van der Waals surface area contributed by atoms with Crippen molar-refractivity contribution in [2.45, 2.75) is 47.0 Å². The summed E-state index contributed by atoms with van der Waals surface area (Å²) in [7, 11) is 0. The molecule has 1 aromatic carbocycles. The van der Waals surface area contributed by atoms with Gasteiger partial charge in [0.2, 0.25) is 0 Å². The lowest BCUT2D eigenvalue weighted by molar-refractivity contribution is 0.142. The van der Waals surface area contributed by atoms with E-state index in [2.05, 4.69) is 41.5 Å². The van der Waals surface area contributed by atoms with Gasteiger partial charge in [-0.15, -0.1) is 0 Å². The highest BCUT2D eigenvalue weighted by Gasteiger charge is 2.41. The summed E-state index contributed by atoms with van der Waals surface area (Å²) in [5.41, 5.74) is 1.43. The second-order valence-electron chi connectivity index (χ2n) is 6.11. The molecule has 0 unspecified atom stereocenters. The molecule has 1 rings (SSSR count). The third-order valence-electron chi connectivity index (χ3n) is 4.16. The summed E-state index contributed by atoms with van der Waals surface area (Å²) in [6.45, 7) is 13.5. The van der Waals surface area contributed by atoms with Crippen LogP contribution >= 0.6 is 0 Å². The Balaban J connectivity index is 3.28. The van der Waals surface area contributed by atoms with Crippen LogP contribution in [0.25, 0.3) is 0 Å². The molecule has 1 atom stereocenters. The molecule has 0 aliphatic carbocycles. The van der Waals surface area contributed by atoms with Gasteiger partial charge in [0.05, 0.1) is 0 Å². The lowest BCUT2D eigenvalue weighted by Crippen LogP contribution is -2.41. The molecule has 0 aliphatic rings. The van der Waals surface area contributed by atoms with E-state index in [-0.39, 0.29) is 16.6 Å². The van der Waals surface area contributed by atoms with Crippen LogP contribution in [0.3, 0.4) is 0 Å². The smallest absolute Gasteiger partial charge is 0.123 e. The molecule has 0 saturated carbocycles. The zero-order chi connectivity index (χ0) is 12.6. The Kier molecular flexibility index (Phi) is 3.47. The van der Waals surface area contributed by atoms with Crippen LogP contribution in [-0.2, 0) is 5.41 Å². The van der Waals surface area contributed by atoms with Crippen molar-refractivity contribution in [1.29, 1.82) is 0 Å². The molecule has 0 aliphatic heterocycles. The van der Waals surface area contributed by atoms with Crippen LogP contribution in [0.2, 0.25) is 0 Å². The van der Waals surface area contributed by atoms with Crippen molar-refractivity contribution in [3.05, 3.63) is 35.6 Å². The van der Waals surface area contributed by atoms with E-state index in [4.69, 9.17) is 0 Å². The molecular weight excluding hydrogens is 199 g/mol. The van der Waals surface area contributed by atoms with Crippen LogP contribution in [0.1, 0.15) is 47.1 Å². The zero-order valence-corrected chi connectivity index (χ0v) is 11.3. The van der Waals surface area contributed by atoms with Crippen molar-refractivity contribution >= 4 is 0 Å². The summed E-state index contributed by atoms with van der Waals surface area (Å²) >= 11 is 0. The number of benzene rings is 1. The first-order valence-electron chi connectivity index (χ1n) is 5.95. The topological polar surface area (TPSA) is 0 Å². The van der Waals surface area contributed by atoms with Gasteiger partial charge in [-0.1, -0.05) is 53.7 Å². The molecule has 0 aromatic heterocycles. The first kappa shape index (κ1) is 13.2. The van der Waals surface area contributed by atoms with E-state index in [9.17, 15) is 4.39 Å². The lowest BCUT2D eigenvalue weighted by atomic mass is 9.58. The standard InChI is InChI=1S/C15H23F/c1-11(2)15(6,14(3,4)5)12-7-9-13(16)10-8-12/h7-11H,1-6H3/t15-/m1/s1. The van der Waals surface area contributed by atoms with Crippen molar-refractivity contribution in [2.24, 2.45) is 11.3 Å². The highest BCUT2D eigenvalue weighted by molar-refractivity contribution is 5.28. The highest BCUT2D eigenvalue weighted by Crippen LogP contribution is 2.46. The van der Waals surface area contributed by atoms with Crippen LogP contribution in [0.5, 0.6) is 0 Å². The average molecular weight is 222 g/mol. The Morgan fingerprint density at radius 1 is 0.938 bits per heavy atom. The quantitative estimate of drug-likeness (QED) is 0.675. The van der Waals surface area contributed by atoms with Crippen molar-refractivity contribution in [3.63, 3.8) is 0 Å². The molecule has 16 heavy (non-hydrogen) atoms. The van der Waals surface area contributed by atoms with Gasteiger partial charge in [0, 0.05) is 0 Å². The molecule has 0 N–H and O–H groups in total. The Morgan fingerprint density at radius 3 is 1.69 bits per heavy atom. The maximum Gasteiger partial charge on any atom is 0.123 e. The molecule has 0 bridgehead atoms. The summed E-state index contributed by atoms with van der Waals surface area (Å²) in [4.78, 5) is 0. The van der Waals surface area contributed by atoms with Crippen molar-refractivity contribution in [1.82, 2.24) is 0 Å². The molecule has 0 heterocycles. The number of hydrogen-bond donors (Lipinski definition) is 0. The number of hydrogen-bond acceptors (Lipinski definition) is 0. The van der Waals surface area contributed by atoms with Crippen LogP contribution in [0, 0.1) is 17.2 Å². The number of rotatable bonds is 2. The van der Waals surface area contributed by atoms with Crippen LogP contribution in [0.4, 0.5) is 4.39 Å². The van der Waals surface area contributed by atoms with Gasteiger partial charge in [-0.2, -0.15) is 0 Å². The largest absolute Gasteiger partial charge is 0.207 e. The summed E-state index contributed by atoms with van der Waals surface area (Å²) in [6, 6.07) is 6.95. The first-order chi connectivity index (χ1) is 7.19. The summed E-state index contributed by atoms with van der Waals surface area (Å²) in [5, 5.41) is 0. The molecule has 1 heteroatoms. The molecule has 0 nitrogen and oxygen atoms in total. The fraction of sp³-hybridized carbons (Fsp3) is 0.600. The van der Waals surface area contributed by atoms with Gasteiger partial charge in [0.1, 0.15) is 5.82 Å². The van der Waals surface area contributed by atoms with E-state index in [0.717, 1.165) is 0 Å². The van der Waals surface area contributed by atoms with Crippen molar-refractivity contribution < 1.29 is 4.39 Å². The van der Waals surface area contributed by atoms with Gasteiger partial charge in [-0.05, 0) is 34.4 Å². The van der Waals surface area contributed by atoms with E-state index >= 15 is 0 Å². The SMILES string of the molecule is CC(C)[C@](C)(c1ccc(F)cc1)C(C)(C)C. The Morgan fingerprint density at radius 2 is 1.38 bits per heavy atom. The second-order valence-corrected chi connectivity index (χ2v) is 6.11. The van der Waals surface area contributed by atoms with Crippen LogP contribution < -0.4 is 0 Å². The molecule has 1 aromatic rings. The summed E-state index contributed by atoms with van der Waals surface area (Å²) < 4.78 is 13.0. The fourth-order valence-corrected chi connectivity index (χ4v) is 2.43. The van der Waals surface area contributed by atoms with E-state index in [0.29, 0.717) is 5.92 Å². The second kappa shape index (κ2) is 4.20. The predicted molar refractivity (Wildman–Crippen MR) is 68.0 cm³/mol. The molecule has 0 saturated heterocycles. The molecule has 0 fully saturated rings. The zero-order valence-electron chi connectivity index (χ0n) is 11.3. The molecule has 0 spiro atoms. The lowest BCUT2D eigenvalue weighted by Gasteiger charge is -2.46. The van der Waals surface area contributed by atoms with Crippen LogP contribution in [-0.4, -0.2) is 0 Å². The van der Waals surface area contributed by atoms with E-state index < -0.39 is 0 Å². The highest BCUT2D eigenvalue weighted by atomic mass is 19.1. The van der Waals surface area contributed by atoms with Gasteiger partial charge in [-0.25, -0.2) is 4.39 Å². The average Bonchev–Trinajstić information content (AvgIpc) is 2.15. The molecule has 0 radical (unpaired) electrons. The summed E-state index contributed by atoms with van der Waals surface area (Å²) in [6.07, 6.45) is 0. The fourth-order valence-electron chi connectivity index (χ4n) is 2.43. The van der Waals surface area contributed by atoms with Crippen LogP contribution in [0.15, 0.2) is 24.3 Å². The third-order valence-corrected chi connectivity index (χ3v) is 4.16. The van der Waals surface area contributed by atoms with Gasteiger partial charge in [-0.3, -0.25) is 0 Å². The molecule has 0 amide bonds. The van der Waals surface area contributed by atoms with Crippen molar-refractivity contribution in [3.8, 4) is 0 Å². The normalized spacial score (nSPS) is 16.2. The van der Waals surface area contributed by atoms with Gasteiger partial charge < -0.3 is 0 Å². The third kappa shape index (κ3) is 2.14. The van der Waals surface area contributed by atoms with Gasteiger partial charge in [0.15, 0.2) is 0 Å².